The first-order valence-electron chi connectivity index (χ1n) is 13.1. The molecule has 2 heterocycles. The highest BCUT2D eigenvalue weighted by Crippen LogP contribution is 2.38. The number of para-hydroxylation sites is 1. The Kier molecular flexibility index (Phi) is 9.36. The first-order valence-corrected chi connectivity index (χ1v) is 13.1. The fourth-order valence-electron chi connectivity index (χ4n) is 4.21. The first kappa shape index (κ1) is 28.6. The van der Waals surface area contributed by atoms with Crippen LogP contribution in [-0.4, -0.2) is 92.2 Å². The summed E-state index contributed by atoms with van der Waals surface area (Å²) < 4.78 is 7.77. The molecule has 10 nitrogen and oxygen atoms in total. The van der Waals surface area contributed by atoms with Gasteiger partial charge in [0.1, 0.15) is 11.6 Å². The standard InChI is InChI=1S/C30H38N8O2/c1-35(2)16-9-12-29(39)32-23-20-24(27(40-6)21-26(23)37(5)19-18-36(3)4)33-30-31-15-13-28(34-30)38-17-14-22-10-7-8-11-25(22)38/h7-15,17,20-21H,16,18-19H2,1-6H3,(H,32,39)(H,31,33,34). The summed E-state index contributed by atoms with van der Waals surface area (Å²) in [4.78, 5) is 28.2. The first-order chi connectivity index (χ1) is 19.2. The maximum Gasteiger partial charge on any atom is 0.248 e. The molecule has 0 atom stereocenters. The van der Waals surface area contributed by atoms with Crippen molar-refractivity contribution in [2.75, 3.05) is 77.5 Å². The molecule has 0 saturated heterocycles. The highest BCUT2D eigenvalue weighted by Gasteiger charge is 2.17. The summed E-state index contributed by atoms with van der Waals surface area (Å²) in [7, 11) is 11.6. The van der Waals surface area contributed by atoms with Crippen LogP contribution in [-0.2, 0) is 4.79 Å². The van der Waals surface area contributed by atoms with E-state index in [1.165, 1.54) is 0 Å². The number of amides is 1. The minimum absolute atomic E-state index is 0.210. The Morgan fingerprint density at radius 1 is 1.00 bits per heavy atom. The van der Waals surface area contributed by atoms with Crippen LogP contribution in [0.2, 0.25) is 0 Å². The van der Waals surface area contributed by atoms with Crippen molar-refractivity contribution in [3.63, 3.8) is 0 Å². The molecule has 0 bridgehead atoms. The molecule has 0 saturated carbocycles. The van der Waals surface area contributed by atoms with Crippen LogP contribution >= 0.6 is 0 Å². The Hall–Kier alpha value is -4.41. The van der Waals surface area contributed by atoms with Crippen molar-refractivity contribution < 1.29 is 9.53 Å². The number of methoxy groups -OCH3 is 1. The predicted molar refractivity (Wildman–Crippen MR) is 163 cm³/mol. The van der Waals surface area contributed by atoms with Gasteiger partial charge in [0, 0.05) is 51.2 Å². The Morgan fingerprint density at radius 3 is 2.55 bits per heavy atom. The average molecular weight is 543 g/mol. The second-order valence-electron chi connectivity index (χ2n) is 10.1. The molecule has 4 aromatic rings. The highest BCUT2D eigenvalue weighted by atomic mass is 16.5. The Balaban J connectivity index is 1.67. The van der Waals surface area contributed by atoms with Crippen LogP contribution in [0, 0.1) is 0 Å². The van der Waals surface area contributed by atoms with Gasteiger partial charge < -0.3 is 34.6 Å². The van der Waals surface area contributed by atoms with E-state index in [2.05, 4.69) is 43.6 Å². The number of fused-ring (bicyclic) bond motifs is 1. The molecular weight excluding hydrogens is 504 g/mol. The van der Waals surface area contributed by atoms with E-state index in [0.717, 1.165) is 35.5 Å². The Morgan fingerprint density at radius 2 is 1.80 bits per heavy atom. The van der Waals surface area contributed by atoms with E-state index in [1.807, 2.05) is 87.3 Å². The monoisotopic (exact) mass is 542 g/mol. The normalized spacial score (nSPS) is 11.5. The summed E-state index contributed by atoms with van der Waals surface area (Å²) in [6.07, 6.45) is 7.09. The quantitative estimate of drug-likeness (QED) is 0.257. The number of benzene rings is 2. The molecule has 10 heteroatoms. The van der Waals surface area contributed by atoms with Gasteiger partial charge in [-0.3, -0.25) is 4.79 Å². The molecule has 0 radical (unpaired) electrons. The van der Waals surface area contributed by atoms with Crippen LogP contribution in [0.5, 0.6) is 5.75 Å². The molecule has 0 spiro atoms. The molecule has 2 N–H and O–H groups in total. The molecule has 0 unspecified atom stereocenters. The molecule has 2 aromatic carbocycles. The summed E-state index contributed by atoms with van der Waals surface area (Å²) in [5.41, 5.74) is 3.18. The van der Waals surface area contributed by atoms with Gasteiger partial charge in [-0.1, -0.05) is 24.3 Å². The van der Waals surface area contributed by atoms with E-state index >= 15 is 0 Å². The van der Waals surface area contributed by atoms with Gasteiger partial charge in [-0.2, -0.15) is 4.98 Å². The van der Waals surface area contributed by atoms with Gasteiger partial charge in [-0.25, -0.2) is 4.98 Å². The third-order valence-electron chi connectivity index (χ3n) is 6.34. The van der Waals surface area contributed by atoms with Gasteiger partial charge >= 0.3 is 0 Å². The van der Waals surface area contributed by atoms with Crippen molar-refractivity contribution in [2.45, 2.75) is 0 Å². The lowest BCUT2D eigenvalue weighted by atomic mass is 10.2. The zero-order chi connectivity index (χ0) is 28.6. The zero-order valence-electron chi connectivity index (χ0n) is 24.0. The van der Waals surface area contributed by atoms with Crippen LogP contribution in [0.25, 0.3) is 16.7 Å². The van der Waals surface area contributed by atoms with Crippen molar-refractivity contribution in [1.29, 1.82) is 0 Å². The van der Waals surface area contributed by atoms with Crippen LogP contribution in [0.3, 0.4) is 0 Å². The molecule has 2 aromatic heterocycles. The number of rotatable bonds is 12. The van der Waals surface area contributed by atoms with E-state index in [4.69, 9.17) is 9.72 Å². The highest BCUT2D eigenvalue weighted by molar-refractivity contribution is 6.02. The number of anilines is 4. The maximum atomic E-state index is 12.8. The van der Waals surface area contributed by atoms with Crippen molar-refractivity contribution in [3.05, 3.63) is 73.1 Å². The fourth-order valence-corrected chi connectivity index (χ4v) is 4.21. The van der Waals surface area contributed by atoms with Gasteiger partial charge in [0.25, 0.3) is 0 Å². The Bertz CT molecular complexity index is 1480. The van der Waals surface area contributed by atoms with Crippen molar-refractivity contribution >= 4 is 39.8 Å². The van der Waals surface area contributed by atoms with Gasteiger partial charge in [0.2, 0.25) is 11.9 Å². The molecule has 0 aliphatic heterocycles. The Labute approximate surface area is 235 Å². The lowest BCUT2D eigenvalue weighted by Crippen LogP contribution is -2.29. The molecule has 210 valence electrons. The van der Waals surface area contributed by atoms with Gasteiger partial charge in [-0.15, -0.1) is 0 Å². The van der Waals surface area contributed by atoms with E-state index in [-0.39, 0.29) is 5.91 Å². The van der Waals surface area contributed by atoms with Crippen molar-refractivity contribution in [1.82, 2.24) is 24.3 Å². The van der Waals surface area contributed by atoms with Crippen LogP contribution in [0.1, 0.15) is 0 Å². The summed E-state index contributed by atoms with van der Waals surface area (Å²) in [5.74, 6) is 1.54. The van der Waals surface area contributed by atoms with Gasteiger partial charge in [0.05, 0.1) is 29.7 Å². The number of hydrogen-bond donors (Lipinski definition) is 2. The predicted octanol–water partition coefficient (Wildman–Crippen LogP) is 4.23. The van der Waals surface area contributed by atoms with E-state index in [1.54, 1.807) is 19.4 Å². The number of aromatic nitrogens is 3. The molecule has 0 aliphatic rings. The van der Waals surface area contributed by atoms with E-state index in [0.29, 0.717) is 29.6 Å². The van der Waals surface area contributed by atoms with Crippen LogP contribution in [0.15, 0.2) is 73.1 Å². The maximum absolute atomic E-state index is 12.8. The fraction of sp³-hybridized carbons (Fsp3) is 0.300. The molecule has 4 rings (SSSR count). The second-order valence-corrected chi connectivity index (χ2v) is 10.1. The lowest BCUT2D eigenvalue weighted by Gasteiger charge is -2.26. The number of hydrogen-bond acceptors (Lipinski definition) is 8. The molecular formula is C30H38N8O2. The zero-order valence-corrected chi connectivity index (χ0v) is 24.0. The summed E-state index contributed by atoms with van der Waals surface area (Å²) in [6.45, 7) is 2.28. The van der Waals surface area contributed by atoms with E-state index in [9.17, 15) is 4.79 Å². The van der Waals surface area contributed by atoms with Crippen molar-refractivity contribution in [3.8, 4) is 11.6 Å². The largest absolute Gasteiger partial charge is 0.494 e. The number of carbonyl (C=O) groups is 1. The smallest absolute Gasteiger partial charge is 0.248 e. The molecule has 0 aliphatic carbocycles. The third-order valence-corrected chi connectivity index (χ3v) is 6.34. The van der Waals surface area contributed by atoms with Crippen molar-refractivity contribution in [2.24, 2.45) is 0 Å². The summed E-state index contributed by atoms with van der Waals surface area (Å²) in [6, 6.07) is 15.8. The molecule has 0 fully saturated rings. The summed E-state index contributed by atoms with van der Waals surface area (Å²) in [5, 5.41) is 7.47. The second kappa shape index (κ2) is 13.1. The van der Waals surface area contributed by atoms with Crippen LogP contribution < -0.4 is 20.3 Å². The number of ether oxygens (including phenoxy) is 1. The number of carbonyl (C=O) groups excluding carboxylic acids is 1. The molecule has 1 amide bonds. The minimum Gasteiger partial charge on any atom is -0.494 e. The number of likely N-dealkylation sites (N-methyl/N-ethyl adjacent to an activating group) is 3. The SMILES string of the molecule is COc1cc(N(C)CCN(C)C)c(NC(=O)C=CCN(C)C)cc1Nc1nccc(-n2ccc3ccccc32)n1. The summed E-state index contributed by atoms with van der Waals surface area (Å²) >= 11 is 0. The number of nitrogens with zero attached hydrogens (tertiary/aromatic N) is 6. The van der Waals surface area contributed by atoms with Gasteiger partial charge in [-0.05, 0) is 57.8 Å². The molecule has 40 heavy (non-hydrogen) atoms. The van der Waals surface area contributed by atoms with E-state index < -0.39 is 0 Å². The van der Waals surface area contributed by atoms with Crippen LogP contribution in [0.4, 0.5) is 23.0 Å². The average Bonchev–Trinajstić information content (AvgIpc) is 3.36. The third kappa shape index (κ3) is 7.16. The number of nitrogens with one attached hydrogen (secondary N) is 2. The lowest BCUT2D eigenvalue weighted by molar-refractivity contribution is -0.111. The van der Waals surface area contributed by atoms with Gasteiger partial charge in [0.15, 0.2) is 0 Å². The topological polar surface area (TPSA) is 90.8 Å². The minimum atomic E-state index is -0.210.